The largest absolute Gasteiger partial charge is 0.328 e. The Morgan fingerprint density at radius 3 is 2.57 bits per heavy atom. The summed E-state index contributed by atoms with van der Waals surface area (Å²) in [4.78, 5) is 9.87. The van der Waals surface area contributed by atoms with E-state index in [2.05, 4.69) is 0 Å². The van der Waals surface area contributed by atoms with Crippen LogP contribution in [0.2, 0.25) is 0 Å². The van der Waals surface area contributed by atoms with E-state index in [1.54, 1.807) is 6.92 Å². The lowest BCUT2D eigenvalue weighted by atomic mass is 9.95. The molecule has 0 aliphatic carbocycles. The van der Waals surface area contributed by atoms with Crippen molar-refractivity contribution in [3.8, 4) is 0 Å². The van der Waals surface area contributed by atoms with E-state index < -0.39 is 21.3 Å². The molecule has 1 aliphatic rings. The molecular weight excluding hydrogens is 314 g/mol. The zero-order valence-electron chi connectivity index (χ0n) is 11.9. The molecule has 0 bridgehead atoms. The minimum atomic E-state index is -3.66. The van der Waals surface area contributed by atoms with Gasteiger partial charge in [0.05, 0.1) is 26.0 Å². The van der Waals surface area contributed by atoms with Crippen molar-refractivity contribution in [3.63, 3.8) is 0 Å². The van der Waals surface area contributed by atoms with Gasteiger partial charge in [-0.15, -0.1) is 0 Å². The fourth-order valence-corrected chi connectivity index (χ4v) is 4.07. The predicted molar refractivity (Wildman–Crippen MR) is 79.8 cm³/mol. The third-order valence-corrected chi connectivity index (χ3v) is 5.30. The smallest absolute Gasteiger partial charge is 0.324 e. The summed E-state index contributed by atoms with van der Waals surface area (Å²) in [6, 6.07) is 9.48. The van der Waals surface area contributed by atoms with Crippen LogP contribution in [0.25, 0.3) is 0 Å². The van der Waals surface area contributed by atoms with Crippen molar-refractivity contribution >= 4 is 15.9 Å². The molecule has 118 valence electrons. The van der Waals surface area contributed by atoms with Crippen LogP contribution in [0.3, 0.4) is 0 Å². The van der Waals surface area contributed by atoms with Gasteiger partial charge in [0, 0.05) is 5.41 Å². The van der Waals surface area contributed by atoms with Crippen LogP contribution < -0.4 is 0 Å². The highest BCUT2D eigenvalue weighted by Crippen LogP contribution is 2.45. The molecule has 21 heavy (non-hydrogen) atoms. The standard InChI is InChI=1S/C13H20O6P2/c1-13(9-17-20(14)18-10-13)11-19-21(15,16)8-7-12-5-3-2-4-6-12/h2-6,20H,7-11H2,1H3,(H,15,16). The maximum atomic E-state index is 12.0. The molecule has 1 aromatic rings. The second-order valence-electron chi connectivity index (χ2n) is 5.51. The SMILES string of the molecule is CC1(COP(=O)(O)CCc2ccccc2)CO[PH](=O)OC1. The quantitative estimate of drug-likeness (QED) is 0.806. The van der Waals surface area contributed by atoms with Crippen molar-refractivity contribution in [3.05, 3.63) is 35.9 Å². The first-order chi connectivity index (χ1) is 9.89. The van der Waals surface area contributed by atoms with Crippen LogP contribution in [-0.2, 0) is 29.1 Å². The fourth-order valence-electron chi connectivity index (χ4n) is 1.87. The van der Waals surface area contributed by atoms with E-state index in [0.717, 1.165) is 5.56 Å². The monoisotopic (exact) mass is 334 g/mol. The molecule has 0 spiro atoms. The zero-order valence-corrected chi connectivity index (χ0v) is 13.8. The second-order valence-corrected chi connectivity index (χ2v) is 8.57. The lowest BCUT2D eigenvalue weighted by Crippen LogP contribution is -2.35. The van der Waals surface area contributed by atoms with Gasteiger partial charge in [0.25, 0.3) is 0 Å². The average Bonchev–Trinajstić information content (AvgIpc) is 2.48. The van der Waals surface area contributed by atoms with E-state index in [9.17, 15) is 14.0 Å². The summed E-state index contributed by atoms with van der Waals surface area (Å²) < 4.78 is 38.2. The summed E-state index contributed by atoms with van der Waals surface area (Å²) in [5, 5.41) is 0. The fraction of sp³-hybridized carbons (Fsp3) is 0.538. The van der Waals surface area contributed by atoms with Gasteiger partial charge in [-0.25, -0.2) is 0 Å². The average molecular weight is 334 g/mol. The van der Waals surface area contributed by atoms with Crippen LogP contribution in [0.15, 0.2) is 30.3 Å². The van der Waals surface area contributed by atoms with E-state index in [1.165, 1.54) is 0 Å². The van der Waals surface area contributed by atoms with E-state index in [1.807, 2.05) is 30.3 Å². The Kier molecular flexibility index (Phi) is 5.78. The van der Waals surface area contributed by atoms with Crippen molar-refractivity contribution in [2.75, 3.05) is 26.0 Å². The first-order valence-electron chi connectivity index (χ1n) is 6.68. The molecule has 1 N–H and O–H groups in total. The third-order valence-electron chi connectivity index (χ3n) is 3.22. The summed E-state index contributed by atoms with van der Waals surface area (Å²) >= 11 is 0. The summed E-state index contributed by atoms with van der Waals surface area (Å²) in [6.45, 7) is 2.23. The van der Waals surface area contributed by atoms with Crippen LogP contribution >= 0.6 is 15.9 Å². The van der Waals surface area contributed by atoms with Crippen LogP contribution in [0.4, 0.5) is 0 Å². The van der Waals surface area contributed by atoms with Crippen molar-refractivity contribution in [1.29, 1.82) is 0 Å². The Hall–Kier alpha value is -0.480. The molecule has 0 aromatic heterocycles. The van der Waals surface area contributed by atoms with Gasteiger partial charge in [-0.1, -0.05) is 37.3 Å². The normalized spacial score (nSPS) is 29.0. The van der Waals surface area contributed by atoms with Gasteiger partial charge < -0.3 is 18.5 Å². The highest BCUT2D eigenvalue weighted by atomic mass is 31.2. The minimum Gasteiger partial charge on any atom is -0.324 e. The summed E-state index contributed by atoms with van der Waals surface area (Å²) in [5.74, 6) is 0. The summed E-state index contributed by atoms with van der Waals surface area (Å²) in [5.41, 5.74) is 0.438. The van der Waals surface area contributed by atoms with Gasteiger partial charge >= 0.3 is 15.9 Å². The van der Waals surface area contributed by atoms with Crippen molar-refractivity contribution in [2.45, 2.75) is 13.3 Å². The number of benzene rings is 1. The highest BCUT2D eigenvalue weighted by Gasteiger charge is 2.34. The number of hydrogen-bond donors (Lipinski definition) is 1. The van der Waals surface area contributed by atoms with Gasteiger partial charge in [-0.05, 0) is 12.0 Å². The Labute approximate surface area is 124 Å². The summed E-state index contributed by atoms with van der Waals surface area (Å²) in [7, 11) is -6.06. The zero-order chi connectivity index (χ0) is 15.3. The number of rotatable bonds is 6. The maximum absolute atomic E-state index is 12.0. The highest BCUT2D eigenvalue weighted by molar-refractivity contribution is 7.52. The first kappa shape index (κ1) is 16.9. The Balaban J connectivity index is 1.81. The topological polar surface area (TPSA) is 82.1 Å². The van der Waals surface area contributed by atoms with Gasteiger partial charge in [0.2, 0.25) is 0 Å². The number of hydrogen-bond acceptors (Lipinski definition) is 5. The molecule has 1 aliphatic heterocycles. The molecule has 2 rings (SSSR count). The van der Waals surface area contributed by atoms with E-state index in [0.29, 0.717) is 6.42 Å². The molecule has 1 heterocycles. The van der Waals surface area contributed by atoms with Crippen LogP contribution in [0, 0.1) is 5.41 Å². The molecule has 0 amide bonds. The summed E-state index contributed by atoms with van der Waals surface area (Å²) in [6.07, 6.45) is 0.539. The minimum absolute atomic E-state index is 0.0325. The van der Waals surface area contributed by atoms with Crippen LogP contribution in [0.5, 0.6) is 0 Å². The van der Waals surface area contributed by atoms with E-state index in [4.69, 9.17) is 13.6 Å². The maximum Gasteiger partial charge on any atom is 0.328 e. The van der Waals surface area contributed by atoms with Crippen molar-refractivity contribution in [1.82, 2.24) is 0 Å². The van der Waals surface area contributed by atoms with Gasteiger partial charge in [-0.3, -0.25) is 9.13 Å². The van der Waals surface area contributed by atoms with Crippen molar-refractivity contribution < 1.29 is 27.6 Å². The Bertz CT molecular complexity index is 523. The van der Waals surface area contributed by atoms with Gasteiger partial charge in [0.15, 0.2) is 0 Å². The van der Waals surface area contributed by atoms with E-state index >= 15 is 0 Å². The molecule has 1 unspecified atom stereocenters. The molecule has 1 fully saturated rings. The lowest BCUT2D eigenvalue weighted by molar-refractivity contribution is 0.00514. The Morgan fingerprint density at radius 2 is 1.95 bits per heavy atom. The Morgan fingerprint density at radius 1 is 1.33 bits per heavy atom. The van der Waals surface area contributed by atoms with Gasteiger partial charge in [-0.2, -0.15) is 0 Å². The van der Waals surface area contributed by atoms with Crippen LogP contribution in [0.1, 0.15) is 12.5 Å². The molecule has 1 saturated heterocycles. The second kappa shape index (κ2) is 7.19. The molecule has 0 radical (unpaired) electrons. The first-order valence-corrected chi connectivity index (χ1v) is 9.67. The third kappa shape index (κ3) is 5.67. The molecule has 0 saturated carbocycles. The van der Waals surface area contributed by atoms with Gasteiger partial charge in [0.1, 0.15) is 0 Å². The van der Waals surface area contributed by atoms with Crippen LogP contribution in [-0.4, -0.2) is 30.9 Å². The lowest BCUT2D eigenvalue weighted by Gasteiger charge is -2.32. The molecule has 6 nitrogen and oxygen atoms in total. The molecule has 8 heteroatoms. The molecule has 1 aromatic carbocycles. The van der Waals surface area contributed by atoms with E-state index in [-0.39, 0.29) is 26.0 Å². The molecule has 1 atom stereocenters. The number of aryl methyl sites for hydroxylation is 1. The molecular formula is C13H20O6P2. The predicted octanol–water partition coefficient (Wildman–Crippen LogP) is 2.87. The van der Waals surface area contributed by atoms with Crippen molar-refractivity contribution in [2.24, 2.45) is 5.41 Å².